The van der Waals surface area contributed by atoms with Gasteiger partial charge in [0, 0.05) is 5.02 Å². The standard InChI is InChI=1S/C21H20Cl2N2O3/c1-21(2,3)14-6-4-13(5-7-14)12-24-18(26)11-19(27)25(20(24)28)17-9-8-15(22)10-16(17)23/h4-10H,11-12H2,1-3H3. The van der Waals surface area contributed by atoms with Crippen molar-refractivity contribution in [3.8, 4) is 0 Å². The number of carbonyl (C=O) groups excluding carboxylic acids is 3. The van der Waals surface area contributed by atoms with E-state index in [1.54, 1.807) is 0 Å². The van der Waals surface area contributed by atoms with Crippen LogP contribution >= 0.6 is 23.2 Å². The van der Waals surface area contributed by atoms with Crippen LogP contribution in [0.2, 0.25) is 10.0 Å². The Labute approximate surface area is 173 Å². The lowest BCUT2D eigenvalue weighted by atomic mass is 9.87. The first-order valence-electron chi connectivity index (χ1n) is 8.79. The van der Waals surface area contributed by atoms with E-state index in [9.17, 15) is 14.4 Å². The first-order valence-corrected chi connectivity index (χ1v) is 9.55. The third kappa shape index (κ3) is 4.05. The van der Waals surface area contributed by atoms with E-state index in [2.05, 4.69) is 20.8 Å². The van der Waals surface area contributed by atoms with Crippen LogP contribution in [0, 0.1) is 0 Å². The Morgan fingerprint density at radius 1 is 0.929 bits per heavy atom. The topological polar surface area (TPSA) is 57.7 Å². The molecule has 1 aliphatic rings. The van der Waals surface area contributed by atoms with E-state index >= 15 is 0 Å². The first-order chi connectivity index (χ1) is 13.1. The molecule has 3 rings (SSSR count). The Balaban J connectivity index is 1.88. The third-order valence-electron chi connectivity index (χ3n) is 4.59. The highest BCUT2D eigenvalue weighted by Crippen LogP contribution is 2.32. The second-order valence-electron chi connectivity index (χ2n) is 7.71. The number of amides is 4. The SMILES string of the molecule is CC(C)(C)c1ccc(CN2C(=O)CC(=O)N(c3ccc(Cl)cc3Cl)C2=O)cc1. The number of hydrogen-bond donors (Lipinski definition) is 0. The normalized spacial score (nSPS) is 15.4. The molecule has 0 radical (unpaired) electrons. The quantitative estimate of drug-likeness (QED) is 0.645. The summed E-state index contributed by atoms with van der Waals surface area (Å²) in [6, 6.07) is 11.5. The van der Waals surface area contributed by atoms with Gasteiger partial charge < -0.3 is 0 Å². The fourth-order valence-electron chi connectivity index (χ4n) is 2.99. The summed E-state index contributed by atoms with van der Waals surface area (Å²) in [6.45, 7) is 6.41. The molecule has 1 saturated heterocycles. The summed E-state index contributed by atoms with van der Waals surface area (Å²) in [5, 5.41) is 0.551. The lowest BCUT2D eigenvalue weighted by Crippen LogP contribution is -2.55. The molecule has 7 heteroatoms. The van der Waals surface area contributed by atoms with Crippen LogP contribution in [0.15, 0.2) is 42.5 Å². The third-order valence-corrected chi connectivity index (χ3v) is 5.12. The molecule has 4 amide bonds. The fraction of sp³-hybridized carbons (Fsp3) is 0.286. The first kappa shape index (κ1) is 20.4. The lowest BCUT2D eigenvalue weighted by molar-refractivity contribution is -0.135. The molecule has 0 spiro atoms. The van der Waals surface area contributed by atoms with E-state index in [0.717, 1.165) is 20.9 Å². The molecule has 5 nitrogen and oxygen atoms in total. The molecule has 0 aliphatic carbocycles. The van der Waals surface area contributed by atoms with Gasteiger partial charge in [-0.1, -0.05) is 68.2 Å². The van der Waals surface area contributed by atoms with E-state index in [0.29, 0.717) is 5.02 Å². The molecule has 146 valence electrons. The number of nitrogens with zero attached hydrogens (tertiary/aromatic N) is 2. The van der Waals surface area contributed by atoms with Crippen molar-refractivity contribution in [1.82, 2.24) is 4.90 Å². The average Bonchev–Trinajstić information content (AvgIpc) is 2.60. The molecule has 2 aromatic carbocycles. The zero-order valence-corrected chi connectivity index (χ0v) is 17.3. The summed E-state index contributed by atoms with van der Waals surface area (Å²) >= 11 is 12.1. The lowest BCUT2D eigenvalue weighted by Gasteiger charge is -2.33. The number of hydrogen-bond acceptors (Lipinski definition) is 3. The minimum atomic E-state index is -0.717. The number of carbonyl (C=O) groups is 3. The van der Waals surface area contributed by atoms with E-state index in [1.807, 2.05) is 24.3 Å². The summed E-state index contributed by atoms with van der Waals surface area (Å²) in [4.78, 5) is 39.7. The molecule has 0 saturated carbocycles. The number of imide groups is 2. The van der Waals surface area contributed by atoms with E-state index in [4.69, 9.17) is 23.2 Å². The molecule has 0 unspecified atom stereocenters. The van der Waals surface area contributed by atoms with Crippen molar-refractivity contribution in [2.75, 3.05) is 4.90 Å². The van der Waals surface area contributed by atoms with Gasteiger partial charge in [-0.05, 0) is 34.7 Å². The van der Waals surface area contributed by atoms with Crippen molar-refractivity contribution in [2.24, 2.45) is 0 Å². The second-order valence-corrected chi connectivity index (χ2v) is 8.55. The number of rotatable bonds is 3. The second kappa shape index (κ2) is 7.57. The Bertz CT molecular complexity index is 949. The van der Waals surface area contributed by atoms with Crippen molar-refractivity contribution >= 4 is 46.7 Å². The summed E-state index contributed by atoms with van der Waals surface area (Å²) in [7, 11) is 0. The molecular formula is C21H20Cl2N2O3. The van der Waals surface area contributed by atoms with Gasteiger partial charge in [0.25, 0.3) is 0 Å². The van der Waals surface area contributed by atoms with Gasteiger partial charge in [-0.25, -0.2) is 9.69 Å². The van der Waals surface area contributed by atoms with E-state index < -0.39 is 24.3 Å². The molecule has 28 heavy (non-hydrogen) atoms. The van der Waals surface area contributed by atoms with E-state index in [-0.39, 0.29) is 22.7 Å². The highest BCUT2D eigenvalue weighted by Gasteiger charge is 2.39. The number of anilines is 1. The van der Waals surface area contributed by atoms with Gasteiger partial charge in [0.05, 0.1) is 17.3 Å². The van der Waals surface area contributed by atoms with Gasteiger partial charge in [-0.2, -0.15) is 0 Å². The maximum Gasteiger partial charge on any atom is 0.338 e. The molecular weight excluding hydrogens is 399 g/mol. The predicted octanol–water partition coefficient (Wildman–Crippen LogP) is 5.18. The Kier molecular flexibility index (Phi) is 5.50. The van der Waals surface area contributed by atoms with E-state index in [1.165, 1.54) is 18.2 Å². The molecule has 2 aromatic rings. The monoisotopic (exact) mass is 418 g/mol. The van der Waals surface area contributed by atoms with Gasteiger partial charge >= 0.3 is 6.03 Å². The summed E-state index contributed by atoms with van der Waals surface area (Å²) in [5.74, 6) is -1.14. The van der Waals surface area contributed by atoms with Crippen LogP contribution in [0.25, 0.3) is 0 Å². The molecule has 1 aliphatic heterocycles. The van der Waals surface area contributed by atoms with Crippen LogP contribution in [-0.4, -0.2) is 22.7 Å². The zero-order valence-electron chi connectivity index (χ0n) is 15.8. The van der Waals surface area contributed by atoms with Gasteiger partial charge in [-0.3, -0.25) is 14.5 Å². The van der Waals surface area contributed by atoms with Gasteiger partial charge in [0.1, 0.15) is 6.42 Å². The Morgan fingerprint density at radius 2 is 1.57 bits per heavy atom. The van der Waals surface area contributed by atoms with Crippen LogP contribution in [0.3, 0.4) is 0 Å². The van der Waals surface area contributed by atoms with Crippen LogP contribution in [0.5, 0.6) is 0 Å². The number of halogens is 2. The smallest absolute Gasteiger partial charge is 0.274 e. The minimum Gasteiger partial charge on any atom is -0.274 e. The Morgan fingerprint density at radius 3 is 2.14 bits per heavy atom. The van der Waals surface area contributed by atoms with Crippen LogP contribution in [-0.2, 0) is 21.5 Å². The molecule has 0 atom stereocenters. The highest BCUT2D eigenvalue weighted by atomic mass is 35.5. The highest BCUT2D eigenvalue weighted by molar-refractivity contribution is 6.38. The van der Waals surface area contributed by atoms with Crippen molar-refractivity contribution in [1.29, 1.82) is 0 Å². The summed E-state index contributed by atoms with van der Waals surface area (Å²) in [5.41, 5.74) is 2.16. The average molecular weight is 419 g/mol. The Hall–Kier alpha value is -2.37. The molecule has 0 bridgehead atoms. The molecule has 1 heterocycles. The number of benzene rings is 2. The fourth-order valence-corrected chi connectivity index (χ4v) is 3.48. The maximum atomic E-state index is 12.9. The van der Waals surface area contributed by atoms with Crippen molar-refractivity contribution in [3.05, 3.63) is 63.6 Å². The van der Waals surface area contributed by atoms with Gasteiger partial charge in [-0.15, -0.1) is 0 Å². The van der Waals surface area contributed by atoms with Crippen molar-refractivity contribution in [3.63, 3.8) is 0 Å². The minimum absolute atomic E-state index is 0.00381. The maximum absolute atomic E-state index is 12.9. The largest absolute Gasteiger partial charge is 0.338 e. The van der Waals surface area contributed by atoms with Crippen LogP contribution < -0.4 is 4.90 Å². The zero-order chi connectivity index (χ0) is 20.6. The van der Waals surface area contributed by atoms with Crippen LogP contribution in [0.1, 0.15) is 38.3 Å². The number of urea groups is 1. The molecule has 0 N–H and O–H groups in total. The van der Waals surface area contributed by atoms with Gasteiger partial charge in [0.15, 0.2) is 0 Å². The van der Waals surface area contributed by atoms with Gasteiger partial charge in [0.2, 0.25) is 11.8 Å². The number of barbiturate groups is 1. The molecule has 0 aromatic heterocycles. The van der Waals surface area contributed by atoms with Crippen molar-refractivity contribution in [2.45, 2.75) is 39.2 Å². The van der Waals surface area contributed by atoms with Crippen molar-refractivity contribution < 1.29 is 14.4 Å². The molecule has 1 fully saturated rings. The predicted molar refractivity (Wildman–Crippen MR) is 110 cm³/mol. The van der Waals surface area contributed by atoms with Crippen LogP contribution in [0.4, 0.5) is 10.5 Å². The summed E-state index contributed by atoms with van der Waals surface area (Å²) in [6.07, 6.45) is -0.398. The summed E-state index contributed by atoms with van der Waals surface area (Å²) < 4.78 is 0.